The molecule has 22 heavy (non-hydrogen) atoms. The van der Waals surface area contributed by atoms with Gasteiger partial charge in [-0.05, 0) is 12.5 Å². The number of amides is 2. The van der Waals surface area contributed by atoms with Gasteiger partial charge in [-0.2, -0.15) is 0 Å². The number of nitrogens with zero attached hydrogens (tertiary/aromatic N) is 1. The minimum absolute atomic E-state index is 0.0695. The molecular weight excluding hydrogens is 284 g/mol. The summed E-state index contributed by atoms with van der Waals surface area (Å²) in [5.74, 6) is -1.21. The van der Waals surface area contributed by atoms with Gasteiger partial charge in [0.15, 0.2) is 0 Å². The topological polar surface area (TPSA) is 86.7 Å². The van der Waals surface area contributed by atoms with Crippen molar-refractivity contribution in [1.29, 1.82) is 0 Å². The number of carboxylic acid groups (broad SMARTS) is 1. The third-order valence-electron chi connectivity index (χ3n) is 3.20. The van der Waals surface area contributed by atoms with Crippen molar-refractivity contribution >= 4 is 17.8 Å². The molecule has 1 aromatic rings. The van der Waals surface area contributed by atoms with Crippen molar-refractivity contribution in [3.63, 3.8) is 0 Å². The van der Waals surface area contributed by atoms with Crippen molar-refractivity contribution < 1.29 is 19.5 Å². The minimum atomic E-state index is -0.928. The van der Waals surface area contributed by atoms with E-state index in [0.29, 0.717) is 6.54 Å². The average Bonchev–Trinajstić information content (AvgIpc) is 2.48. The maximum atomic E-state index is 11.9. The van der Waals surface area contributed by atoms with Crippen LogP contribution in [0.4, 0.5) is 0 Å². The maximum absolute atomic E-state index is 11.9. The van der Waals surface area contributed by atoms with Crippen LogP contribution >= 0.6 is 0 Å². The number of hydrogen-bond acceptors (Lipinski definition) is 3. The number of benzene rings is 1. The van der Waals surface area contributed by atoms with Crippen molar-refractivity contribution in [3.05, 3.63) is 35.9 Å². The Morgan fingerprint density at radius 3 is 2.41 bits per heavy atom. The van der Waals surface area contributed by atoms with Gasteiger partial charge >= 0.3 is 5.97 Å². The summed E-state index contributed by atoms with van der Waals surface area (Å²) in [6, 6.07) is 9.36. The average molecular weight is 306 g/mol. The molecule has 0 aliphatic heterocycles. The summed E-state index contributed by atoms with van der Waals surface area (Å²) >= 11 is 0. The van der Waals surface area contributed by atoms with Crippen LogP contribution in [-0.2, 0) is 20.8 Å². The van der Waals surface area contributed by atoms with Gasteiger partial charge < -0.3 is 15.3 Å². The summed E-state index contributed by atoms with van der Waals surface area (Å²) in [4.78, 5) is 35.7. The number of hydrogen-bond donors (Lipinski definition) is 2. The van der Waals surface area contributed by atoms with E-state index < -0.39 is 5.97 Å². The lowest BCUT2D eigenvalue weighted by Crippen LogP contribution is -2.36. The largest absolute Gasteiger partial charge is 0.481 e. The van der Waals surface area contributed by atoms with Crippen LogP contribution in [0.3, 0.4) is 0 Å². The molecule has 0 aromatic heterocycles. The van der Waals surface area contributed by atoms with E-state index in [1.54, 1.807) is 6.92 Å². The fraction of sp³-hybridized carbons (Fsp3) is 0.438. The second-order valence-electron chi connectivity index (χ2n) is 4.88. The van der Waals surface area contributed by atoms with Crippen LogP contribution in [0, 0.1) is 0 Å². The molecule has 0 aliphatic rings. The standard InChI is InChI=1S/C16H22N2O4/c1-2-18(11-9-16(21)22)15(20)8-10-17-14(19)12-13-6-4-3-5-7-13/h3-7H,2,8-12H2,1H3,(H,17,19)(H,21,22). The first kappa shape index (κ1) is 17.7. The monoisotopic (exact) mass is 306 g/mol. The minimum Gasteiger partial charge on any atom is -0.481 e. The summed E-state index contributed by atoms with van der Waals surface area (Å²) in [5.41, 5.74) is 0.919. The Hall–Kier alpha value is -2.37. The Balaban J connectivity index is 2.28. The highest BCUT2D eigenvalue weighted by atomic mass is 16.4. The summed E-state index contributed by atoms with van der Waals surface area (Å²) < 4.78 is 0. The molecule has 0 saturated heterocycles. The smallest absolute Gasteiger partial charge is 0.305 e. The van der Waals surface area contributed by atoms with Gasteiger partial charge in [0.05, 0.1) is 12.8 Å². The second kappa shape index (κ2) is 9.55. The van der Waals surface area contributed by atoms with Crippen molar-refractivity contribution in [2.45, 2.75) is 26.2 Å². The second-order valence-corrected chi connectivity index (χ2v) is 4.88. The first-order valence-corrected chi connectivity index (χ1v) is 7.33. The molecule has 1 rings (SSSR count). The van der Waals surface area contributed by atoms with E-state index in [2.05, 4.69) is 5.32 Å². The van der Waals surface area contributed by atoms with Crippen LogP contribution in [0.5, 0.6) is 0 Å². The lowest BCUT2D eigenvalue weighted by atomic mass is 10.1. The van der Waals surface area contributed by atoms with Crippen LogP contribution in [0.1, 0.15) is 25.3 Å². The molecule has 0 fully saturated rings. The van der Waals surface area contributed by atoms with Crippen LogP contribution in [0.15, 0.2) is 30.3 Å². The predicted molar refractivity (Wildman–Crippen MR) is 82.3 cm³/mol. The van der Waals surface area contributed by atoms with Gasteiger partial charge in [-0.15, -0.1) is 0 Å². The van der Waals surface area contributed by atoms with Gasteiger partial charge in [0.1, 0.15) is 0 Å². The first-order chi connectivity index (χ1) is 10.5. The molecule has 6 nitrogen and oxygen atoms in total. The fourth-order valence-corrected chi connectivity index (χ4v) is 2.00. The first-order valence-electron chi connectivity index (χ1n) is 7.33. The quantitative estimate of drug-likeness (QED) is 0.714. The van der Waals surface area contributed by atoms with Gasteiger partial charge in [0, 0.05) is 26.1 Å². The number of nitrogens with one attached hydrogen (secondary N) is 1. The summed E-state index contributed by atoms with van der Waals surface area (Å²) in [6.45, 7) is 2.72. The highest BCUT2D eigenvalue weighted by molar-refractivity contribution is 5.80. The molecule has 0 unspecified atom stereocenters. The molecular formula is C16H22N2O4. The molecule has 6 heteroatoms. The maximum Gasteiger partial charge on any atom is 0.305 e. The molecule has 0 spiro atoms. The van der Waals surface area contributed by atoms with Gasteiger partial charge in [-0.25, -0.2) is 0 Å². The third-order valence-corrected chi connectivity index (χ3v) is 3.20. The van der Waals surface area contributed by atoms with Gasteiger partial charge in [0.25, 0.3) is 0 Å². The third kappa shape index (κ3) is 6.88. The highest BCUT2D eigenvalue weighted by Gasteiger charge is 2.13. The lowest BCUT2D eigenvalue weighted by Gasteiger charge is -2.20. The summed E-state index contributed by atoms with van der Waals surface area (Å²) in [7, 11) is 0. The van der Waals surface area contributed by atoms with Crippen LogP contribution in [-0.4, -0.2) is 47.4 Å². The Kier molecular flexibility index (Phi) is 7.67. The Bertz CT molecular complexity index is 502. The lowest BCUT2D eigenvalue weighted by molar-refractivity contribution is -0.138. The van der Waals surface area contributed by atoms with E-state index in [1.165, 1.54) is 4.90 Å². The zero-order valence-electron chi connectivity index (χ0n) is 12.7. The number of aliphatic carboxylic acids is 1. The highest BCUT2D eigenvalue weighted by Crippen LogP contribution is 2.00. The van der Waals surface area contributed by atoms with Gasteiger partial charge in [-0.1, -0.05) is 30.3 Å². The normalized spacial score (nSPS) is 10.0. The SMILES string of the molecule is CCN(CCC(=O)O)C(=O)CCNC(=O)Cc1ccccc1. The van der Waals surface area contributed by atoms with Crippen LogP contribution in [0.2, 0.25) is 0 Å². The van der Waals surface area contributed by atoms with E-state index in [-0.39, 0.29) is 44.2 Å². The van der Waals surface area contributed by atoms with Gasteiger partial charge in [-0.3, -0.25) is 14.4 Å². The molecule has 0 radical (unpaired) electrons. The Labute approximate surface area is 130 Å². The molecule has 120 valence electrons. The fourth-order valence-electron chi connectivity index (χ4n) is 2.00. The van der Waals surface area contributed by atoms with Crippen molar-refractivity contribution in [2.24, 2.45) is 0 Å². The number of rotatable bonds is 9. The van der Waals surface area contributed by atoms with E-state index in [9.17, 15) is 14.4 Å². The molecule has 0 atom stereocenters. The molecule has 2 N–H and O–H groups in total. The zero-order chi connectivity index (χ0) is 16.4. The summed E-state index contributed by atoms with van der Waals surface area (Å²) in [5, 5.41) is 11.3. The zero-order valence-corrected chi connectivity index (χ0v) is 12.7. The van der Waals surface area contributed by atoms with E-state index in [4.69, 9.17) is 5.11 Å². The number of carboxylic acids is 1. The number of carbonyl (C=O) groups is 3. The molecule has 1 aromatic carbocycles. The molecule has 2 amide bonds. The molecule has 0 bridgehead atoms. The van der Waals surface area contributed by atoms with Crippen molar-refractivity contribution in [3.8, 4) is 0 Å². The Morgan fingerprint density at radius 1 is 1.14 bits per heavy atom. The van der Waals surface area contributed by atoms with Gasteiger partial charge in [0.2, 0.25) is 11.8 Å². The van der Waals surface area contributed by atoms with Crippen molar-refractivity contribution in [2.75, 3.05) is 19.6 Å². The summed E-state index contributed by atoms with van der Waals surface area (Å²) in [6.07, 6.45) is 0.388. The van der Waals surface area contributed by atoms with Crippen LogP contribution < -0.4 is 5.32 Å². The van der Waals surface area contributed by atoms with E-state index in [0.717, 1.165) is 5.56 Å². The Morgan fingerprint density at radius 2 is 1.82 bits per heavy atom. The van der Waals surface area contributed by atoms with Crippen molar-refractivity contribution in [1.82, 2.24) is 10.2 Å². The van der Waals surface area contributed by atoms with Crippen LogP contribution in [0.25, 0.3) is 0 Å². The van der Waals surface area contributed by atoms with E-state index >= 15 is 0 Å². The molecule has 0 aliphatic carbocycles. The molecule has 0 saturated carbocycles. The predicted octanol–water partition coefficient (Wildman–Crippen LogP) is 1.06. The molecule has 0 heterocycles. The van der Waals surface area contributed by atoms with E-state index in [1.807, 2.05) is 30.3 Å². The number of carbonyl (C=O) groups excluding carboxylic acids is 2.